The number of anilines is 1. The standard InChI is InChI=1S/C20H28N6O/c1-20(2,3)17-7-18(23-13-22-17)26-10-14-8-25(9-15(14)11-26)12-16-5-6-21-19(27)24(16)4/h5-7,13-15H,8-12H2,1-4H3. The number of aromatic nitrogens is 4. The summed E-state index contributed by atoms with van der Waals surface area (Å²) in [5, 5.41) is 0. The second kappa shape index (κ2) is 6.71. The third-order valence-corrected chi connectivity index (χ3v) is 5.86. The average molecular weight is 368 g/mol. The van der Waals surface area contributed by atoms with Gasteiger partial charge in [-0.2, -0.15) is 0 Å². The van der Waals surface area contributed by atoms with E-state index in [9.17, 15) is 4.79 Å². The molecule has 0 bridgehead atoms. The lowest BCUT2D eigenvalue weighted by Crippen LogP contribution is -2.31. The van der Waals surface area contributed by atoms with Crippen molar-refractivity contribution in [1.29, 1.82) is 0 Å². The molecule has 2 aromatic rings. The van der Waals surface area contributed by atoms with Crippen LogP contribution in [0.15, 0.2) is 29.5 Å². The summed E-state index contributed by atoms with van der Waals surface area (Å²) in [5.74, 6) is 2.35. The summed E-state index contributed by atoms with van der Waals surface area (Å²) in [6.07, 6.45) is 3.30. The summed E-state index contributed by atoms with van der Waals surface area (Å²) in [4.78, 5) is 29.4. The Balaban J connectivity index is 1.41. The third-order valence-electron chi connectivity index (χ3n) is 5.86. The van der Waals surface area contributed by atoms with Crippen molar-refractivity contribution >= 4 is 5.82 Å². The Morgan fingerprint density at radius 1 is 1.07 bits per heavy atom. The van der Waals surface area contributed by atoms with E-state index < -0.39 is 0 Å². The van der Waals surface area contributed by atoms with Gasteiger partial charge in [-0.3, -0.25) is 9.47 Å². The number of fused-ring (bicyclic) bond motifs is 1. The Bertz CT molecular complexity index is 873. The SMILES string of the molecule is Cn1c(CN2CC3CN(c4cc(C(C)(C)C)ncn4)CC3C2)ccnc1=O. The van der Waals surface area contributed by atoms with E-state index in [1.165, 1.54) is 0 Å². The van der Waals surface area contributed by atoms with Crippen LogP contribution in [0.2, 0.25) is 0 Å². The molecule has 27 heavy (non-hydrogen) atoms. The lowest BCUT2D eigenvalue weighted by molar-refractivity contribution is 0.300. The molecule has 0 N–H and O–H groups in total. The molecule has 0 saturated carbocycles. The van der Waals surface area contributed by atoms with Gasteiger partial charge in [0.1, 0.15) is 12.1 Å². The first-order chi connectivity index (χ1) is 12.8. The Morgan fingerprint density at radius 3 is 2.44 bits per heavy atom. The van der Waals surface area contributed by atoms with E-state index in [1.807, 2.05) is 6.07 Å². The van der Waals surface area contributed by atoms with Crippen LogP contribution >= 0.6 is 0 Å². The molecule has 0 spiro atoms. The topological polar surface area (TPSA) is 67.2 Å². The maximum atomic E-state index is 11.7. The highest BCUT2D eigenvalue weighted by Crippen LogP contribution is 2.34. The number of likely N-dealkylation sites (tertiary alicyclic amines) is 1. The molecule has 2 aromatic heterocycles. The van der Waals surface area contributed by atoms with Crippen molar-refractivity contribution in [3.63, 3.8) is 0 Å². The van der Waals surface area contributed by atoms with E-state index in [0.29, 0.717) is 11.8 Å². The van der Waals surface area contributed by atoms with Crippen LogP contribution in [0.3, 0.4) is 0 Å². The lowest BCUT2D eigenvalue weighted by Gasteiger charge is -2.24. The van der Waals surface area contributed by atoms with Crippen molar-refractivity contribution in [2.45, 2.75) is 32.7 Å². The van der Waals surface area contributed by atoms with Gasteiger partial charge in [0.05, 0.1) is 5.69 Å². The van der Waals surface area contributed by atoms with Crippen LogP contribution in [0.1, 0.15) is 32.2 Å². The van der Waals surface area contributed by atoms with E-state index in [0.717, 1.165) is 49.9 Å². The van der Waals surface area contributed by atoms with Crippen molar-refractivity contribution in [2.75, 3.05) is 31.1 Å². The highest BCUT2D eigenvalue weighted by Gasteiger charge is 2.40. The lowest BCUT2D eigenvalue weighted by atomic mass is 9.92. The fraction of sp³-hybridized carbons (Fsp3) is 0.600. The van der Waals surface area contributed by atoms with Gasteiger partial charge < -0.3 is 4.90 Å². The van der Waals surface area contributed by atoms with Crippen LogP contribution in [-0.4, -0.2) is 50.6 Å². The Kier molecular flexibility index (Phi) is 4.50. The summed E-state index contributed by atoms with van der Waals surface area (Å²) in [7, 11) is 1.80. The first-order valence-corrected chi connectivity index (χ1v) is 9.62. The normalized spacial score (nSPS) is 23.0. The number of nitrogens with zero attached hydrogens (tertiary/aromatic N) is 6. The van der Waals surface area contributed by atoms with E-state index in [2.05, 4.69) is 51.6 Å². The van der Waals surface area contributed by atoms with Gasteiger partial charge in [-0.05, 0) is 17.9 Å². The predicted octanol–water partition coefficient (Wildman–Crippen LogP) is 1.44. The Hall–Kier alpha value is -2.28. The summed E-state index contributed by atoms with van der Waals surface area (Å²) >= 11 is 0. The fourth-order valence-electron chi connectivity index (χ4n) is 4.23. The predicted molar refractivity (Wildman–Crippen MR) is 105 cm³/mol. The molecule has 2 aliphatic heterocycles. The highest BCUT2D eigenvalue weighted by molar-refractivity contribution is 5.42. The number of hydrogen-bond donors (Lipinski definition) is 0. The van der Waals surface area contributed by atoms with Crippen LogP contribution in [0.25, 0.3) is 0 Å². The monoisotopic (exact) mass is 368 g/mol. The zero-order valence-electron chi connectivity index (χ0n) is 16.6. The van der Waals surface area contributed by atoms with E-state index in [4.69, 9.17) is 0 Å². The van der Waals surface area contributed by atoms with Gasteiger partial charge >= 0.3 is 5.69 Å². The molecule has 2 unspecified atom stereocenters. The summed E-state index contributed by atoms with van der Waals surface area (Å²) < 4.78 is 1.65. The molecule has 2 saturated heterocycles. The molecule has 144 valence electrons. The molecule has 0 aromatic carbocycles. The maximum Gasteiger partial charge on any atom is 0.347 e. The molecule has 7 heteroatoms. The van der Waals surface area contributed by atoms with Gasteiger partial charge in [0.15, 0.2) is 0 Å². The summed E-state index contributed by atoms with van der Waals surface area (Å²) in [5.41, 5.74) is 1.96. The van der Waals surface area contributed by atoms with E-state index in [1.54, 1.807) is 24.1 Å². The molecule has 0 radical (unpaired) electrons. The van der Waals surface area contributed by atoms with Gasteiger partial charge in [-0.25, -0.2) is 19.7 Å². The van der Waals surface area contributed by atoms with Crippen molar-refractivity contribution in [3.05, 3.63) is 46.5 Å². The molecular formula is C20H28N6O. The summed E-state index contributed by atoms with van der Waals surface area (Å²) in [6, 6.07) is 4.09. The zero-order chi connectivity index (χ0) is 19.2. The quantitative estimate of drug-likeness (QED) is 0.817. The van der Waals surface area contributed by atoms with E-state index in [-0.39, 0.29) is 11.1 Å². The van der Waals surface area contributed by atoms with Gasteiger partial charge in [0.25, 0.3) is 0 Å². The smallest absolute Gasteiger partial charge is 0.347 e. The number of hydrogen-bond acceptors (Lipinski definition) is 6. The van der Waals surface area contributed by atoms with Crippen molar-refractivity contribution < 1.29 is 0 Å². The van der Waals surface area contributed by atoms with Gasteiger partial charge in [0, 0.05) is 63.1 Å². The van der Waals surface area contributed by atoms with Crippen LogP contribution in [0, 0.1) is 11.8 Å². The maximum absolute atomic E-state index is 11.7. The van der Waals surface area contributed by atoms with Gasteiger partial charge in [0.2, 0.25) is 0 Å². The first-order valence-electron chi connectivity index (χ1n) is 9.62. The second-order valence-corrected chi connectivity index (χ2v) is 8.91. The molecular weight excluding hydrogens is 340 g/mol. The largest absolute Gasteiger partial charge is 0.356 e. The highest BCUT2D eigenvalue weighted by atomic mass is 16.1. The van der Waals surface area contributed by atoms with Crippen molar-refractivity contribution in [3.8, 4) is 0 Å². The van der Waals surface area contributed by atoms with Crippen LogP contribution in [-0.2, 0) is 19.0 Å². The van der Waals surface area contributed by atoms with Crippen LogP contribution < -0.4 is 10.6 Å². The molecule has 4 rings (SSSR count). The minimum absolute atomic E-state index is 0.0323. The third kappa shape index (κ3) is 3.60. The molecule has 2 fully saturated rings. The first kappa shape index (κ1) is 18.1. The summed E-state index contributed by atoms with van der Waals surface area (Å²) in [6.45, 7) is 11.6. The van der Waals surface area contributed by atoms with Crippen LogP contribution in [0.5, 0.6) is 0 Å². The average Bonchev–Trinajstić information content (AvgIpc) is 3.17. The second-order valence-electron chi connectivity index (χ2n) is 8.91. The zero-order valence-corrected chi connectivity index (χ0v) is 16.6. The molecule has 7 nitrogen and oxygen atoms in total. The van der Waals surface area contributed by atoms with Gasteiger partial charge in [-0.15, -0.1) is 0 Å². The molecule has 4 heterocycles. The molecule has 0 amide bonds. The minimum Gasteiger partial charge on any atom is -0.356 e. The van der Waals surface area contributed by atoms with Crippen molar-refractivity contribution in [2.24, 2.45) is 18.9 Å². The minimum atomic E-state index is -0.184. The fourth-order valence-corrected chi connectivity index (χ4v) is 4.23. The Morgan fingerprint density at radius 2 is 1.78 bits per heavy atom. The molecule has 2 atom stereocenters. The van der Waals surface area contributed by atoms with Gasteiger partial charge in [-0.1, -0.05) is 20.8 Å². The molecule has 2 aliphatic rings. The van der Waals surface area contributed by atoms with E-state index >= 15 is 0 Å². The van der Waals surface area contributed by atoms with Crippen molar-refractivity contribution in [1.82, 2.24) is 24.4 Å². The Labute approximate surface area is 160 Å². The molecule has 0 aliphatic carbocycles. The number of rotatable bonds is 3. The van der Waals surface area contributed by atoms with Crippen LogP contribution in [0.4, 0.5) is 5.82 Å².